The normalized spacial score (nSPS) is 41.8. The fourth-order valence-corrected chi connectivity index (χ4v) is 5.74. The molecule has 46 heavy (non-hydrogen) atoms. The monoisotopic (exact) mass is 670 g/mol. The average Bonchev–Trinajstić information content (AvgIpc) is 3.05. The van der Waals surface area contributed by atoms with Gasteiger partial charge in [-0.2, -0.15) is 0 Å². The predicted molar refractivity (Wildman–Crippen MR) is 157 cm³/mol. The van der Waals surface area contributed by atoms with Crippen LogP contribution >= 0.6 is 0 Å². The first kappa shape index (κ1) is 39.3. The highest BCUT2D eigenvalue weighted by atomic mass is 16.8. The number of carbonyl (C=O) groups is 1. The van der Waals surface area contributed by atoms with Gasteiger partial charge in [-0.15, -0.1) is 0 Å². The van der Waals surface area contributed by atoms with Crippen molar-refractivity contribution < 1.29 is 74.1 Å². The number of nitrogens with one attached hydrogen (secondary N) is 1. The molecule has 11 N–H and O–H groups in total. The molecule has 0 radical (unpaired) electrons. The minimum atomic E-state index is -1.78. The molecule has 17 nitrogen and oxygen atoms in total. The van der Waals surface area contributed by atoms with Crippen LogP contribution in [0.25, 0.3) is 0 Å². The molecule has 0 bridgehead atoms. The van der Waals surface area contributed by atoms with Gasteiger partial charge in [-0.3, -0.25) is 4.79 Å². The van der Waals surface area contributed by atoms with Crippen LogP contribution in [-0.2, 0) is 33.2 Å². The topological polar surface area (TPSA) is 272 Å². The fourth-order valence-electron chi connectivity index (χ4n) is 5.74. The number of rotatable bonds is 17. The minimum Gasteiger partial charge on any atom is -0.394 e. The Kier molecular flexibility index (Phi) is 16.4. The lowest BCUT2D eigenvalue weighted by molar-refractivity contribution is -0.371. The Labute approximate surface area is 268 Å². The number of hydrogen-bond donors (Lipinski definition) is 10. The standard InChI is InChI=1S/C29H54N2O15/c1-3-5-6-7-8-9-10-41-29-26(23(39)20(36)15(12-32)43-29)46-27-18(31-17(34)4-2)21(37)25(16(13-33)44-27)45-28-24(40)22(38)19(35)14(11-30)42-28/h14-16,18-29,32-33,35-40H,3-13,30H2,1-2H3,(H,31,34)/t14-,15-,16-,18-,19+,20-,21-,22+,23+,24-,25-,26+,27+,28+,29+/m1/s1. The Hall–Kier alpha value is -1.13. The second-order valence-electron chi connectivity index (χ2n) is 12.0. The molecular formula is C29H54N2O15. The van der Waals surface area contributed by atoms with Gasteiger partial charge in [0.15, 0.2) is 18.9 Å². The molecule has 0 aromatic carbocycles. The molecule has 3 heterocycles. The molecule has 15 atom stereocenters. The molecule has 3 fully saturated rings. The SMILES string of the molecule is CCCCCCCCO[C@H]1O[C@H](CO)[C@@H](O)[C@H](O)[C@@H]1O[C@@H]1O[C@H](CO)[C@@H](O[C@@H]2O[C@H](CN)[C@H](O)[C@H](O)[C@H]2O)[C@H](O)[C@H]1NC(=O)CC. The van der Waals surface area contributed by atoms with E-state index in [1.165, 1.54) is 0 Å². The summed E-state index contributed by atoms with van der Waals surface area (Å²) in [4.78, 5) is 12.5. The summed E-state index contributed by atoms with van der Waals surface area (Å²) in [6.07, 6.45) is -15.1. The maximum Gasteiger partial charge on any atom is 0.220 e. The zero-order valence-corrected chi connectivity index (χ0v) is 26.5. The lowest BCUT2D eigenvalue weighted by Crippen LogP contribution is -2.69. The molecule has 270 valence electrons. The van der Waals surface area contributed by atoms with Gasteiger partial charge in [-0.25, -0.2) is 0 Å². The number of aliphatic hydroxyl groups is 8. The largest absolute Gasteiger partial charge is 0.394 e. The lowest BCUT2D eigenvalue weighted by Gasteiger charge is -2.49. The van der Waals surface area contributed by atoms with Gasteiger partial charge in [-0.05, 0) is 6.42 Å². The van der Waals surface area contributed by atoms with E-state index < -0.39 is 111 Å². The summed E-state index contributed by atoms with van der Waals surface area (Å²) >= 11 is 0. The van der Waals surface area contributed by atoms with Gasteiger partial charge in [-0.1, -0.05) is 46.0 Å². The molecule has 3 saturated heterocycles. The van der Waals surface area contributed by atoms with Crippen LogP contribution in [-0.4, -0.2) is 165 Å². The van der Waals surface area contributed by atoms with Crippen LogP contribution in [0.15, 0.2) is 0 Å². The average molecular weight is 671 g/mol. The molecule has 0 aromatic rings. The van der Waals surface area contributed by atoms with Crippen LogP contribution < -0.4 is 11.1 Å². The molecule has 0 aromatic heterocycles. The number of carbonyl (C=O) groups excluding carboxylic acids is 1. The van der Waals surface area contributed by atoms with Crippen molar-refractivity contribution in [2.45, 2.75) is 151 Å². The Balaban J connectivity index is 1.80. The van der Waals surface area contributed by atoms with Crippen LogP contribution in [0.5, 0.6) is 0 Å². The zero-order chi connectivity index (χ0) is 34.0. The summed E-state index contributed by atoms with van der Waals surface area (Å²) in [7, 11) is 0. The van der Waals surface area contributed by atoms with E-state index in [-0.39, 0.29) is 19.6 Å². The number of nitrogens with two attached hydrogens (primary N) is 1. The zero-order valence-electron chi connectivity index (χ0n) is 26.5. The molecule has 1 amide bonds. The van der Waals surface area contributed by atoms with Gasteiger partial charge >= 0.3 is 0 Å². The van der Waals surface area contributed by atoms with Crippen molar-refractivity contribution in [1.29, 1.82) is 0 Å². The van der Waals surface area contributed by atoms with Crippen molar-refractivity contribution in [3.8, 4) is 0 Å². The van der Waals surface area contributed by atoms with Crippen LogP contribution in [0.1, 0.15) is 58.8 Å². The van der Waals surface area contributed by atoms with Crippen molar-refractivity contribution in [2.24, 2.45) is 5.73 Å². The van der Waals surface area contributed by atoms with E-state index in [4.69, 9.17) is 34.2 Å². The third-order valence-electron chi connectivity index (χ3n) is 8.59. The fraction of sp³-hybridized carbons (Fsp3) is 0.966. The van der Waals surface area contributed by atoms with Gasteiger partial charge in [0.25, 0.3) is 0 Å². The molecule has 3 aliphatic heterocycles. The van der Waals surface area contributed by atoms with Gasteiger partial charge in [0.1, 0.15) is 73.2 Å². The smallest absolute Gasteiger partial charge is 0.220 e. The van der Waals surface area contributed by atoms with E-state index >= 15 is 0 Å². The number of amides is 1. The van der Waals surface area contributed by atoms with E-state index in [0.717, 1.165) is 32.1 Å². The number of hydrogen-bond acceptors (Lipinski definition) is 16. The Morgan fingerprint density at radius 3 is 1.89 bits per heavy atom. The highest BCUT2D eigenvalue weighted by Gasteiger charge is 2.54. The van der Waals surface area contributed by atoms with Crippen LogP contribution in [0.2, 0.25) is 0 Å². The Morgan fingerprint density at radius 1 is 0.674 bits per heavy atom. The Morgan fingerprint density at radius 2 is 1.26 bits per heavy atom. The highest BCUT2D eigenvalue weighted by Crippen LogP contribution is 2.33. The van der Waals surface area contributed by atoms with Crippen molar-refractivity contribution in [2.75, 3.05) is 26.4 Å². The molecule has 0 aliphatic carbocycles. The maximum atomic E-state index is 12.5. The van der Waals surface area contributed by atoms with Gasteiger partial charge < -0.3 is 80.3 Å². The summed E-state index contributed by atoms with van der Waals surface area (Å²) in [6.45, 7) is 2.28. The van der Waals surface area contributed by atoms with E-state index in [0.29, 0.717) is 6.42 Å². The number of ether oxygens (including phenoxy) is 6. The third kappa shape index (κ3) is 9.73. The summed E-state index contributed by atoms with van der Waals surface area (Å²) in [5, 5.41) is 86.5. The second kappa shape index (κ2) is 19.2. The number of aliphatic hydroxyl groups excluding tert-OH is 8. The molecule has 3 aliphatic rings. The van der Waals surface area contributed by atoms with Gasteiger partial charge in [0.05, 0.1) is 13.2 Å². The quantitative estimate of drug-likeness (QED) is 0.0667. The summed E-state index contributed by atoms with van der Waals surface area (Å²) in [6, 6.07) is -1.40. The minimum absolute atomic E-state index is 0.00630. The van der Waals surface area contributed by atoms with E-state index in [1.54, 1.807) is 6.92 Å². The van der Waals surface area contributed by atoms with Crippen LogP contribution in [0, 0.1) is 0 Å². The highest BCUT2D eigenvalue weighted by molar-refractivity contribution is 5.76. The molecular weight excluding hydrogens is 616 g/mol. The van der Waals surface area contributed by atoms with Gasteiger partial charge in [0.2, 0.25) is 5.91 Å². The third-order valence-corrected chi connectivity index (χ3v) is 8.59. The molecule has 0 unspecified atom stereocenters. The molecule has 0 spiro atoms. The second-order valence-corrected chi connectivity index (χ2v) is 12.0. The van der Waals surface area contributed by atoms with E-state index in [9.17, 15) is 45.6 Å². The first-order valence-electron chi connectivity index (χ1n) is 16.2. The van der Waals surface area contributed by atoms with Crippen molar-refractivity contribution >= 4 is 5.91 Å². The molecule has 0 saturated carbocycles. The number of unbranched alkanes of at least 4 members (excludes halogenated alkanes) is 5. The lowest BCUT2D eigenvalue weighted by atomic mass is 9.94. The van der Waals surface area contributed by atoms with Crippen molar-refractivity contribution in [3.63, 3.8) is 0 Å². The van der Waals surface area contributed by atoms with Gasteiger partial charge in [0, 0.05) is 19.6 Å². The van der Waals surface area contributed by atoms with E-state index in [2.05, 4.69) is 12.2 Å². The van der Waals surface area contributed by atoms with E-state index in [1.807, 2.05) is 0 Å². The predicted octanol–water partition coefficient (Wildman–Crippen LogP) is -3.69. The van der Waals surface area contributed by atoms with Crippen LogP contribution in [0.3, 0.4) is 0 Å². The summed E-state index contributed by atoms with van der Waals surface area (Å²) in [5.41, 5.74) is 5.61. The summed E-state index contributed by atoms with van der Waals surface area (Å²) in [5.74, 6) is -0.533. The first-order chi connectivity index (χ1) is 22.0. The molecule has 3 rings (SSSR count). The van der Waals surface area contributed by atoms with Crippen molar-refractivity contribution in [3.05, 3.63) is 0 Å². The van der Waals surface area contributed by atoms with Crippen LogP contribution in [0.4, 0.5) is 0 Å². The van der Waals surface area contributed by atoms with Crippen molar-refractivity contribution in [1.82, 2.24) is 5.32 Å². The maximum absolute atomic E-state index is 12.5. The summed E-state index contributed by atoms with van der Waals surface area (Å²) < 4.78 is 34.8. The Bertz CT molecular complexity index is 890. The first-order valence-corrected chi connectivity index (χ1v) is 16.2. The molecule has 17 heteroatoms.